The van der Waals surface area contributed by atoms with Crippen LogP contribution in [-0.4, -0.2) is 18.0 Å². The first-order valence-electron chi connectivity index (χ1n) is 6.27. The number of rotatable bonds is 3. The van der Waals surface area contributed by atoms with Crippen molar-refractivity contribution in [3.05, 3.63) is 47.5 Å². The fourth-order valence-electron chi connectivity index (χ4n) is 2.63. The summed E-state index contributed by atoms with van der Waals surface area (Å²) in [5.41, 5.74) is 4.32. The van der Waals surface area contributed by atoms with Gasteiger partial charge in [-0.15, -0.1) is 0 Å². The van der Waals surface area contributed by atoms with Crippen molar-refractivity contribution in [3.8, 4) is 0 Å². The molecule has 1 unspecified atom stereocenters. The van der Waals surface area contributed by atoms with Crippen molar-refractivity contribution < 1.29 is 0 Å². The molecular formula is C15H21N. The van der Waals surface area contributed by atoms with Gasteiger partial charge in [-0.25, -0.2) is 0 Å². The van der Waals surface area contributed by atoms with Gasteiger partial charge in [0.15, 0.2) is 0 Å². The van der Waals surface area contributed by atoms with Crippen LogP contribution < -0.4 is 0 Å². The molecule has 16 heavy (non-hydrogen) atoms. The molecule has 1 aromatic rings. The van der Waals surface area contributed by atoms with E-state index in [1.54, 1.807) is 0 Å². The van der Waals surface area contributed by atoms with Crippen LogP contribution in [0.4, 0.5) is 0 Å². The molecule has 1 nitrogen and oxygen atoms in total. The highest BCUT2D eigenvalue weighted by atomic mass is 15.2. The number of fused-ring (bicyclic) bond motifs is 1. The second-order valence-corrected chi connectivity index (χ2v) is 4.49. The van der Waals surface area contributed by atoms with Crippen LogP contribution >= 0.6 is 0 Å². The lowest BCUT2D eigenvalue weighted by Crippen LogP contribution is -2.36. The van der Waals surface area contributed by atoms with Gasteiger partial charge in [0.05, 0.1) is 6.04 Å². The van der Waals surface area contributed by atoms with Crippen molar-refractivity contribution in [1.29, 1.82) is 0 Å². The largest absolute Gasteiger partial charge is 0.293 e. The smallest absolute Gasteiger partial charge is 0.0561 e. The standard InChI is InChI=1S/C15H21N/c1-4-12(3)15-14-9-7-6-8-13(14)10-11-16(15)5-2/h6-9,15H,3-5,10-11H2,1-2H3. The van der Waals surface area contributed by atoms with E-state index in [2.05, 4.69) is 49.6 Å². The molecular weight excluding hydrogens is 194 g/mol. The van der Waals surface area contributed by atoms with Gasteiger partial charge >= 0.3 is 0 Å². The maximum absolute atomic E-state index is 4.25. The normalized spacial score (nSPS) is 20.5. The molecule has 0 radical (unpaired) electrons. The van der Waals surface area contributed by atoms with E-state index in [-0.39, 0.29) is 0 Å². The zero-order valence-electron chi connectivity index (χ0n) is 10.4. The van der Waals surface area contributed by atoms with Gasteiger partial charge in [-0.05, 0) is 30.5 Å². The van der Waals surface area contributed by atoms with Gasteiger partial charge in [-0.2, -0.15) is 0 Å². The maximum atomic E-state index is 4.25. The molecule has 0 amide bonds. The SMILES string of the molecule is C=C(CC)C1c2ccccc2CCN1CC. The van der Waals surface area contributed by atoms with Crippen LogP contribution in [0.1, 0.15) is 37.4 Å². The summed E-state index contributed by atoms with van der Waals surface area (Å²) >= 11 is 0. The van der Waals surface area contributed by atoms with Crippen LogP contribution in [0.25, 0.3) is 0 Å². The molecule has 0 saturated carbocycles. The maximum Gasteiger partial charge on any atom is 0.0561 e. The predicted octanol–water partition coefficient (Wildman–Crippen LogP) is 3.57. The quantitative estimate of drug-likeness (QED) is 0.697. The lowest BCUT2D eigenvalue weighted by Gasteiger charge is -2.37. The zero-order valence-corrected chi connectivity index (χ0v) is 10.4. The number of benzene rings is 1. The second-order valence-electron chi connectivity index (χ2n) is 4.49. The second kappa shape index (κ2) is 4.84. The lowest BCUT2D eigenvalue weighted by atomic mass is 9.88. The van der Waals surface area contributed by atoms with Gasteiger partial charge in [-0.1, -0.05) is 50.3 Å². The van der Waals surface area contributed by atoms with E-state index in [0.717, 1.165) is 19.5 Å². The highest BCUT2D eigenvalue weighted by molar-refractivity contribution is 5.37. The Hall–Kier alpha value is -1.08. The Morgan fingerprint density at radius 3 is 2.81 bits per heavy atom. The number of hydrogen-bond acceptors (Lipinski definition) is 1. The Bertz CT molecular complexity index is 381. The summed E-state index contributed by atoms with van der Waals surface area (Å²) in [6.45, 7) is 11.0. The van der Waals surface area contributed by atoms with Gasteiger partial charge in [-0.3, -0.25) is 4.90 Å². The van der Waals surface area contributed by atoms with E-state index in [0.29, 0.717) is 6.04 Å². The first kappa shape index (κ1) is 11.4. The van der Waals surface area contributed by atoms with E-state index in [9.17, 15) is 0 Å². The summed E-state index contributed by atoms with van der Waals surface area (Å²) in [4.78, 5) is 2.54. The molecule has 86 valence electrons. The monoisotopic (exact) mass is 215 g/mol. The molecule has 0 saturated heterocycles. The lowest BCUT2D eigenvalue weighted by molar-refractivity contribution is 0.219. The van der Waals surface area contributed by atoms with Crippen LogP contribution in [0.2, 0.25) is 0 Å². The predicted molar refractivity (Wildman–Crippen MR) is 69.6 cm³/mol. The average Bonchev–Trinajstić information content (AvgIpc) is 2.36. The molecule has 1 aromatic carbocycles. The molecule has 0 aromatic heterocycles. The minimum absolute atomic E-state index is 0.444. The van der Waals surface area contributed by atoms with Crippen LogP contribution in [0.5, 0.6) is 0 Å². The summed E-state index contributed by atoms with van der Waals surface area (Å²) in [7, 11) is 0. The summed E-state index contributed by atoms with van der Waals surface area (Å²) < 4.78 is 0. The average molecular weight is 215 g/mol. The Balaban J connectivity index is 2.40. The van der Waals surface area contributed by atoms with Crippen LogP contribution in [0.3, 0.4) is 0 Å². The van der Waals surface area contributed by atoms with Gasteiger partial charge in [0.1, 0.15) is 0 Å². The van der Waals surface area contributed by atoms with E-state index >= 15 is 0 Å². The fourth-order valence-corrected chi connectivity index (χ4v) is 2.63. The molecule has 1 atom stereocenters. The molecule has 0 aliphatic carbocycles. The number of likely N-dealkylation sites (N-methyl/N-ethyl adjacent to an activating group) is 1. The van der Waals surface area contributed by atoms with Crippen LogP contribution in [-0.2, 0) is 6.42 Å². The highest BCUT2D eigenvalue weighted by Gasteiger charge is 2.26. The summed E-state index contributed by atoms with van der Waals surface area (Å²) in [6.07, 6.45) is 2.24. The van der Waals surface area contributed by atoms with Gasteiger partial charge in [0.25, 0.3) is 0 Å². The molecule has 0 spiro atoms. The van der Waals surface area contributed by atoms with Crippen LogP contribution in [0.15, 0.2) is 36.4 Å². The molecule has 1 aliphatic rings. The van der Waals surface area contributed by atoms with Crippen molar-refractivity contribution in [2.24, 2.45) is 0 Å². The first-order valence-corrected chi connectivity index (χ1v) is 6.27. The number of nitrogens with zero attached hydrogens (tertiary/aromatic N) is 1. The first-order chi connectivity index (χ1) is 7.77. The minimum atomic E-state index is 0.444. The summed E-state index contributed by atoms with van der Waals surface area (Å²) in [6, 6.07) is 9.26. The van der Waals surface area contributed by atoms with Crippen molar-refractivity contribution in [3.63, 3.8) is 0 Å². The third kappa shape index (κ3) is 1.92. The molecule has 0 N–H and O–H groups in total. The Morgan fingerprint density at radius 2 is 2.12 bits per heavy atom. The number of hydrogen-bond donors (Lipinski definition) is 0. The molecule has 1 heterocycles. The van der Waals surface area contributed by atoms with E-state index in [1.165, 1.54) is 23.1 Å². The van der Waals surface area contributed by atoms with Crippen molar-refractivity contribution >= 4 is 0 Å². The Morgan fingerprint density at radius 1 is 1.38 bits per heavy atom. The third-order valence-corrected chi connectivity index (χ3v) is 3.63. The highest BCUT2D eigenvalue weighted by Crippen LogP contribution is 2.35. The zero-order chi connectivity index (χ0) is 11.5. The third-order valence-electron chi connectivity index (χ3n) is 3.63. The topological polar surface area (TPSA) is 3.24 Å². The minimum Gasteiger partial charge on any atom is -0.293 e. The van der Waals surface area contributed by atoms with Crippen molar-refractivity contribution in [2.75, 3.05) is 13.1 Å². The van der Waals surface area contributed by atoms with Crippen molar-refractivity contribution in [2.45, 2.75) is 32.7 Å². The molecule has 1 heteroatoms. The molecule has 1 aliphatic heterocycles. The van der Waals surface area contributed by atoms with Gasteiger partial charge in [0, 0.05) is 6.54 Å². The summed E-state index contributed by atoms with van der Waals surface area (Å²) in [5.74, 6) is 0. The Kier molecular flexibility index (Phi) is 3.45. The summed E-state index contributed by atoms with van der Waals surface area (Å²) in [5, 5.41) is 0. The molecule has 0 fully saturated rings. The van der Waals surface area contributed by atoms with Gasteiger partial charge < -0.3 is 0 Å². The molecule has 0 bridgehead atoms. The van der Waals surface area contributed by atoms with E-state index in [1.807, 2.05) is 0 Å². The van der Waals surface area contributed by atoms with Crippen LogP contribution in [0, 0.1) is 0 Å². The molecule has 2 rings (SSSR count). The Labute approximate surface area is 98.8 Å². The fraction of sp³-hybridized carbons (Fsp3) is 0.467. The van der Waals surface area contributed by atoms with Gasteiger partial charge in [0.2, 0.25) is 0 Å². The van der Waals surface area contributed by atoms with E-state index < -0.39 is 0 Å². The van der Waals surface area contributed by atoms with Crippen molar-refractivity contribution in [1.82, 2.24) is 4.90 Å². The van der Waals surface area contributed by atoms with E-state index in [4.69, 9.17) is 0 Å².